The van der Waals surface area contributed by atoms with Crippen LogP contribution < -0.4 is 4.74 Å². The maximum Gasteiger partial charge on any atom is 0.150 e. The normalized spacial score (nSPS) is 10.8. The summed E-state index contributed by atoms with van der Waals surface area (Å²) in [6.45, 7) is 4.04. The number of hydrogen-bond donors (Lipinski definition) is 1. The summed E-state index contributed by atoms with van der Waals surface area (Å²) in [4.78, 5) is 0. The Hall–Kier alpha value is -1.51. The first-order valence-corrected chi connectivity index (χ1v) is 8.84. The molecule has 0 bridgehead atoms. The van der Waals surface area contributed by atoms with E-state index in [9.17, 15) is 8.42 Å². The lowest BCUT2D eigenvalue weighted by Crippen LogP contribution is -2.11. The molecule has 0 fully saturated rings. The van der Waals surface area contributed by atoms with Gasteiger partial charge in [0.1, 0.15) is 15.6 Å². The molecule has 1 aromatic carbocycles. The van der Waals surface area contributed by atoms with Gasteiger partial charge in [0.2, 0.25) is 0 Å². The molecule has 1 rings (SSSR count). The van der Waals surface area contributed by atoms with Crippen molar-refractivity contribution in [2.75, 3.05) is 24.7 Å². The third-order valence-electron chi connectivity index (χ3n) is 2.97. The van der Waals surface area contributed by atoms with E-state index in [1.807, 2.05) is 25.1 Å². The molecule has 5 heteroatoms. The molecule has 0 saturated heterocycles. The standard InChI is InChI=1S/C16H22O4S/c1-3-21(18,19)12-6-11-20-16-9-8-15(14(2)13-16)7-4-5-10-17/h8-9,13,17H,3,5-6,10-12H2,1-2H3. The molecule has 116 valence electrons. The highest BCUT2D eigenvalue weighted by Crippen LogP contribution is 2.17. The van der Waals surface area contributed by atoms with Gasteiger partial charge in [-0.15, -0.1) is 0 Å². The average molecular weight is 310 g/mol. The summed E-state index contributed by atoms with van der Waals surface area (Å²) in [6.07, 6.45) is 0.955. The Balaban J connectivity index is 2.51. The van der Waals surface area contributed by atoms with E-state index in [-0.39, 0.29) is 18.1 Å². The highest BCUT2D eigenvalue weighted by atomic mass is 32.2. The monoisotopic (exact) mass is 310 g/mol. The fourth-order valence-electron chi connectivity index (χ4n) is 1.69. The molecule has 0 amide bonds. The highest BCUT2D eigenvalue weighted by Gasteiger charge is 2.06. The number of aliphatic hydroxyl groups excluding tert-OH is 1. The van der Waals surface area contributed by atoms with Crippen LogP contribution >= 0.6 is 0 Å². The van der Waals surface area contributed by atoms with Gasteiger partial charge in [0, 0.05) is 17.7 Å². The second kappa shape index (κ2) is 8.71. The molecule has 1 N–H and O–H groups in total. The number of aryl methyl sites for hydroxylation is 1. The molecule has 0 saturated carbocycles. The lowest BCUT2D eigenvalue weighted by molar-refractivity contribution is 0.305. The summed E-state index contributed by atoms with van der Waals surface area (Å²) in [7, 11) is -2.92. The van der Waals surface area contributed by atoms with Crippen LogP contribution in [-0.4, -0.2) is 38.2 Å². The smallest absolute Gasteiger partial charge is 0.150 e. The van der Waals surface area contributed by atoms with Crippen LogP contribution in [0.4, 0.5) is 0 Å². The van der Waals surface area contributed by atoms with E-state index in [4.69, 9.17) is 9.84 Å². The van der Waals surface area contributed by atoms with Crippen molar-refractivity contribution in [3.8, 4) is 17.6 Å². The summed E-state index contributed by atoms with van der Waals surface area (Å²) < 4.78 is 28.2. The van der Waals surface area contributed by atoms with Crippen molar-refractivity contribution in [3.05, 3.63) is 29.3 Å². The second-order valence-electron chi connectivity index (χ2n) is 4.69. The van der Waals surface area contributed by atoms with Gasteiger partial charge in [-0.2, -0.15) is 0 Å². The Labute approximate surface area is 127 Å². The lowest BCUT2D eigenvalue weighted by atomic mass is 10.1. The molecule has 4 nitrogen and oxygen atoms in total. The van der Waals surface area contributed by atoms with Gasteiger partial charge >= 0.3 is 0 Å². The van der Waals surface area contributed by atoms with Gasteiger partial charge < -0.3 is 9.84 Å². The van der Waals surface area contributed by atoms with Crippen molar-refractivity contribution in [1.29, 1.82) is 0 Å². The molecule has 0 radical (unpaired) electrons. The van der Waals surface area contributed by atoms with Crippen molar-refractivity contribution in [1.82, 2.24) is 0 Å². The van der Waals surface area contributed by atoms with Crippen molar-refractivity contribution in [2.45, 2.75) is 26.7 Å². The van der Waals surface area contributed by atoms with E-state index < -0.39 is 9.84 Å². The summed E-state index contributed by atoms with van der Waals surface area (Å²) in [5, 5.41) is 8.69. The van der Waals surface area contributed by atoms with E-state index in [1.54, 1.807) is 6.92 Å². The predicted octanol–water partition coefficient (Wildman–Crippen LogP) is 1.93. The zero-order chi connectivity index (χ0) is 15.7. The summed E-state index contributed by atoms with van der Waals surface area (Å²) in [6, 6.07) is 5.58. The third kappa shape index (κ3) is 6.65. The zero-order valence-corrected chi connectivity index (χ0v) is 13.4. The zero-order valence-electron chi connectivity index (χ0n) is 12.6. The van der Waals surface area contributed by atoms with Gasteiger partial charge in [0.05, 0.1) is 19.0 Å². The van der Waals surface area contributed by atoms with E-state index in [2.05, 4.69) is 11.8 Å². The van der Waals surface area contributed by atoms with Gasteiger partial charge in [-0.05, 0) is 37.1 Å². The Morgan fingerprint density at radius 1 is 1.33 bits per heavy atom. The Morgan fingerprint density at radius 2 is 2.10 bits per heavy atom. The summed E-state index contributed by atoms with van der Waals surface area (Å²) in [5.74, 6) is 6.92. The molecular formula is C16H22O4S. The molecule has 0 aromatic heterocycles. The van der Waals surface area contributed by atoms with Crippen molar-refractivity contribution < 1.29 is 18.3 Å². The molecule has 0 heterocycles. The molecule has 0 unspecified atom stereocenters. The number of rotatable bonds is 7. The van der Waals surface area contributed by atoms with Gasteiger partial charge in [-0.1, -0.05) is 18.8 Å². The Morgan fingerprint density at radius 3 is 2.71 bits per heavy atom. The molecule has 0 aliphatic carbocycles. The van der Waals surface area contributed by atoms with Gasteiger partial charge in [0.15, 0.2) is 0 Å². The third-order valence-corrected chi connectivity index (χ3v) is 4.76. The maximum absolute atomic E-state index is 11.3. The van der Waals surface area contributed by atoms with Crippen LogP contribution in [-0.2, 0) is 9.84 Å². The van der Waals surface area contributed by atoms with Gasteiger partial charge in [-0.25, -0.2) is 8.42 Å². The predicted molar refractivity (Wildman–Crippen MR) is 84.2 cm³/mol. The molecule has 0 atom stereocenters. The van der Waals surface area contributed by atoms with Crippen LogP contribution in [0.5, 0.6) is 5.75 Å². The number of aliphatic hydroxyl groups is 1. The molecular weight excluding hydrogens is 288 g/mol. The molecule has 0 aliphatic rings. The summed E-state index contributed by atoms with van der Waals surface area (Å²) in [5.41, 5.74) is 1.91. The average Bonchev–Trinajstić information content (AvgIpc) is 2.46. The summed E-state index contributed by atoms with van der Waals surface area (Å²) >= 11 is 0. The van der Waals surface area contributed by atoms with E-state index in [0.717, 1.165) is 11.1 Å². The first-order valence-electron chi connectivity index (χ1n) is 7.02. The van der Waals surface area contributed by atoms with Crippen LogP contribution in [0, 0.1) is 18.8 Å². The van der Waals surface area contributed by atoms with Gasteiger partial charge in [0.25, 0.3) is 0 Å². The quantitative estimate of drug-likeness (QED) is 0.617. The van der Waals surface area contributed by atoms with Crippen LogP contribution in [0.2, 0.25) is 0 Å². The van der Waals surface area contributed by atoms with Gasteiger partial charge in [-0.3, -0.25) is 0 Å². The van der Waals surface area contributed by atoms with Crippen LogP contribution in [0.15, 0.2) is 18.2 Å². The van der Waals surface area contributed by atoms with Crippen LogP contribution in [0.3, 0.4) is 0 Å². The topological polar surface area (TPSA) is 63.6 Å². The van der Waals surface area contributed by atoms with Crippen molar-refractivity contribution in [3.63, 3.8) is 0 Å². The number of hydrogen-bond acceptors (Lipinski definition) is 4. The molecule has 0 spiro atoms. The molecule has 0 aliphatic heterocycles. The van der Waals surface area contributed by atoms with E-state index in [1.165, 1.54) is 0 Å². The minimum absolute atomic E-state index is 0.0634. The second-order valence-corrected chi connectivity index (χ2v) is 7.16. The number of benzene rings is 1. The van der Waals surface area contributed by atoms with E-state index in [0.29, 0.717) is 25.2 Å². The largest absolute Gasteiger partial charge is 0.494 e. The fourth-order valence-corrected chi connectivity index (χ4v) is 2.54. The minimum atomic E-state index is -2.92. The Kier molecular flexibility index (Phi) is 7.27. The SMILES string of the molecule is CCS(=O)(=O)CCCOc1ccc(C#CCCO)c(C)c1. The fraction of sp³-hybridized carbons (Fsp3) is 0.500. The van der Waals surface area contributed by atoms with Crippen molar-refractivity contribution >= 4 is 9.84 Å². The minimum Gasteiger partial charge on any atom is -0.494 e. The highest BCUT2D eigenvalue weighted by molar-refractivity contribution is 7.91. The molecule has 1 aromatic rings. The lowest BCUT2D eigenvalue weighted by Gasteiger charge is -2.08. The van der Waals surface area contributed by atoms with Crippen LogP contribution in [0.1, 0.15) is 30.9 Å². The van der Waals surface area contributed by atoms with Crippen molar-refractivity contribution in [2.24, 2.45) is 0 Å². The maximum atomic E-state index is 11.3. The van der Waals surface area contributed by atoms with Crippen LogP contribution in [0.25, 0.3) is 0 Å². The first kappa shape index (κ1) is 17.5. The molecule has 21 heavy (non-hydrogen) atoms. The Bertz CT molecular complexity index is 609. The number of ether oxygens (including phenoxy) is 1. The first-order chi connectivity index (χ1) is 9.98. The van der Waals surface area contributed by atoms with E-state index >= 15 is 0 Å². The number of sulfone groups is 1.